The molecule has 0 aromatic carbocycles. The second kappa shape index (κ2) is 8.33. The number of nitrogens with zero attached hydrogens (tertiary/aromatic N) is 1. The Kier molecular flexibility index (Phi) is 8.45. The lowest BCUT2D eigenvalue weighted by Gasteiger charge is -2.16. The molecular formula is C10H24N2O2S2. The van der Waals surface area contributed by atoms with E-state index in [0.717, 1.165) is 12.3 Å². The van der Waals surface area contributed by atoms with Gasteiger partial charge >= 0.3 is 0 Å². The maximum atomic E-state index is 11.8. The van der Waals surface area contributed by atoms with Crippen molar-refractivity contribution in [1.29, 1.82) is 0 Å². The monoisotopic (exact) mass is 268 g/mol. The van der Waals surface area contributed by atoms with E-state index in [4.69, 9.17) is 0 Å². The van der Waals surface area contributed by atoms with Crippen molar-refractivity contribution in [3.05, 3.63) is 0 Å². The molecule has 0 atom stereocenters. The maximum Gasteiger partial charge on any atom is 0.213 e. The first kappa shape index (κ1) is 16.2. The minimum absolute atomic E-state index is 0.234. The Balaban J connectivity index is 3.86. The molecule has 0 aromatic rings. The molecule has 1 N–H and O–H groups in total. The van der Waals surface area contributed by atoms with Gasteiger partial charge in [0.2, 0.25) is 10.0 Å². The molecular weight excluding hydrogens is 244 g/mol. The first-order valence-electron chi connectivity index (χ1n) is 5.56. The van der Waals surface area contributed by atoms with E-state index in [1.165, 1.54) is 4.31 Å². The molecule has 0 unspecified atom stereocenters. The summed E-state index contributed by atoms with van der Waals surface area (Å²) in [6.45, 7) is 5.46. The Morgan fingerprint density at radius 2 is 2.00 bits per heavy atom. The number of thioether (sulfide) groups is 1. The van der Waals surface area contributed by atoms with Crippen LogP contribution in [0.1, 0.15) is 20.3 Å². The van der Waals surface area contributed by atoms with Crippen LogP contribution in [-0.2, 0) is 10.0 Å². The molecule has 0 spiro atoms. The van der Waals surface area contributed by atoms with Gasteiger partial charge < -0.3 is 5.32 Å². The quantitative estimate of drug-likeness (QED) is 0.634. The Morgan fingerprint density at radius 1 is 1.38 bits per heavy atom. The molecule has 0 bridgehead atoms. The molecule has 0 saturated carbocycles. The molecule has 0 saturated heterocycles. The minimum atomic E-state index is -3.05. The van der Waals surface area contributed by atoms with Crippen LogP contribution in [-0.4, -0.2) is 56.7 Å². The number of rotatable bonds is 9. The van der Waals surface area contributed by atoms with Crippen LogP contribution in [0.5, 0.6) is 0 Å². The van der Waals surface area contributed by atoms with Gasteiger partial charge in [-0.25, -0.2) is 12.7 Å². The molecule has 0 aliphatic rings. The number of hydrogen-bond donors (Lipinski definition) is 1. The Morgan fingerprint density at radius 3 is 2.50 bits per heavy atom. The van der Waals surface area contributed by atoms with Crippen molar-refractivity contribution < 1.29 is 8.42 Å². The zero-order valence-corrected chi connectivity index (χ0v) is 12.3. The van der Waals surface area contributed by atoms with Gasteiger partial charge in [0.15, 0.2) is 0 Å². The van der Waals surface area contributed by atoms with Crippen molar-refractivity contribution in [2.45, 2.75) is 26.3 Å². The van der Waals surface area contributed by atoms with Crippen molar-refractivity contribution in [2.75, 3.05) is 37.9 Å². The average molecular weight is 268 g/mol. The molecule has 0 aliphatic heterocycles. The van der Waals surface area contributed by atoms with Gasteiger partial charge in [0.05, 0.1) is 5.75 Å². The SMILES string of the molecule is CSCCN(C)S(=O)(=O)CCCNC(C)C. The standard InChI is InChI=1S/C10H24N2O2S2/c1-10(2)11-6-5-9-16(13,14)12(3)7-8-15-4/h10-11H,5-9H2,1-4H3. The third kappa shape index (κ3) is 7.49. The predicted molar refractivity (Wildman–Crippen MR) is 72.6 cm³/mol. The number of nitrogens with one attached hydrogen (secondary N) is 1. The van der Waals surface area contributed by atoms with Gasteiger partial charge in [-0.15, -0.1) is 0 Å². The summed E-state index contributed by atoms with van der Waals surface area (Å²) >= 11 is 1.66. The topological polar surface area (TPSA) is 49.4 Å². The first-order valence-corrected chi connectivity index (χ1v) is 8.56. The van der Waals surface area contributed by atoms with Crippen LogP contribution < -0.4 is 5.32 Å². The number of hydrogen-bond acceptors (Lipinski definition) is 4. The zero-order chi connectivity index (χ0) is 12.6. The average Bonchev–Trinajstić information content (AvgIpc) is 2.20. The normalized spacial score (nSPS) is 12.6. The summed E-state index contributed by atoms with van der Waals surface area (Å²) in [7, 11) is -1.40. The van der Waals surface area contributed by atoms with Crippen molar-refractivity contribution in [2.24, 2.45) is 0 Å². The number of sulfonamides is 1. The van der Waals surface area contributed by atoms with E-state index in [1.807, 2.05) is 6.26 Å². The lowest BCUT2D eigenvalue weighted by Crippen LogP contribution is -2.33. The fourth-order valence-electron chi connectivity index (χ4n) is 1.16. The summed E-state index contributed by atoms with van der Waals surface area (Å²) in [6, 6.07) is 0.414. The van der Waals surface area contributed by atoms with E-state index in [2.05, 4.69) is 19.2 Å². The van der Waals surface area contributed by atoms with Crippen molar-refractivity contribution in [1.82, 2.24) is 9.62 Å². The van der Waals surface area contributed by atoms with Crippen molar-refractivity contribution >= 4 is 21.8 Å². The highest BCUT2D eigenvalue weighted by atomic mass is 32.2. The van der Waals surface area contributed by atoms with Crippen LogP contribution >= 0.6 is 11.8 Å². The maximum absolute atomic E-state index is 11.8. The summed E-state index contributed by atoms with van der Waals surface area (Å²) in [4.78, 5) is 0. The highest BCUT2D eigenvalue weighted by Crippen LogP contribution is 2.02. The lowest BCUT2D eigenvalue weighted by molar-refractivity contribution is 0.484. The van der Waals surface area contributed by atoms with Gasteiger partial charge in [-0.05, 0) is 19.2 Å². The van der Waals surface area contributed by atoms with Gasteiger partial charge in [-0.1, -0.05) is 13.8 Å². The largest absolute Gasteiger partial charge is 0.314 e. The highest BCUT2D eigenvalue weighted by molar-refractivity contribution is 7.98. The van der Waals surface area contributed by atoms with E-state index >= 15 is 0 Å². The predicted octanol–water partition coefficient (Wildman–Crippen LogP) is 0.999. The first-order chi connectivity index (χ1) is 7.40. The van der Waals surface area contributed by atoms with Crippen LogP contribution in [0.15, 0.2) is 0 Å². The van der Waals surface area contributed by atoms with Crippen molar-refractivity contribution in [3.63, 3.8) is 0 Å². The summed E-state index contributed by atoms with van der Waals surface area (Å²) in [5.41, 5.74) is 0. The van der Waals surface area contributed by atoms with Gasteiger partial charge in [-0.2, -0.15) is 11.8 Å². The van der Waals surface area contributed by atoms with E-state index in [9.17, 15) is 8.42 Å². The fourth-order valence-corrected chi connectivity index (χ4v) is 2.92. The highest BCUT2D eigenvalue weighted by Gasteiger charge is 2.16. The third-order valence-electron chi connectivity index (χ3n) is 2.22. The molecule has 0 aromatic heterocycles. The Labute approximate surface area is 104 Å². The van der Waals surface area contributed by atoms with Crippen LogP contribution in [0.2, 0.25) is 0 Å². The molecule has 0 amide bonds. The lowest BCUT2D eigenvalue weighted by atomic mass is 10.4. The molecule has 0 rings (SSSR count). The summed E-state index contributed by atoms with van der Waals surface area (Å²) in [5, 5.41) is 3.21. The summed E-state index contributed by atoms with van der Waals surface area (Å²) < 4.78 is 25.0. The van der Waals surface area contributed by atoms with Crippen LogP contribution in [0.25, 0.3) is 0 Å². The summed E-state index contributed by atoms with van der Waals surface area (Å²) in [5.74, 6) is 1.08. The third-order valence-corrected chi connectivity index (χ3v) is 4.74. The van der Waals surface area contributed by atoms with Crippen LogP contribution in [0.4, 0.5) is 0 Å². The van der Waals surface area contributed by atoms with E-state index < -0.39 is 10.0 Å². The summed E-state index contributed by atoms with van der Waals surface area (Å²) in [6.07, 6.45) is 2.65. The Hall–Kier alpha value is 0.220. The van der Waals surface area contributed by atoms with Crippen LogP contribution in [0, 0.1) is 0 Å². The molecule has 16 heavy (non-hydrogen) atoms. The van der Waals surface area contributed by atoms with E-state index in [0.29, 0.717) is 19.0 Å². The van der Waals surface area contributed by atoms with E-state index in [-0.39, 0.29) is 5.75 Å². The van der Waals surface area contributed by atoms with E-state index in [1.54, 1.807) is 18.8 Å². The van der Waals surface area contributed by atoms with Gasteiger partial charge in [0.1, 0.15) is 0 Å². The molecule has 0 aliphatic carbocycles. The molecule has 6 heteroatoms. The van der Waals surface area contributed by atoms with Gasteiger partial charge in [0, 0.05) is 25.4 Å². The smallest absolute Gasteiger partial charge is 0.213 e. The van der Waals surface area contributed by atoms with Crippen LogP contribution in [0.3, 0.4) is 0 Å². The molecule has 0 heterocycles. The second-order valence-electron chi connectivity index (χ2n) is 4.09. The zero-order valence-electron chi connectivity index (χ0n) is 10.7. The molecule has 0 radical (unpaired) electrons. The second-order valence-corrected chi connectivity index (χ2v) is 7.27. The molecule has 4 nitrogen and oxygen atoms in total. The fraction of sp³-hybridized carbons (Fsp3) is 1.00. The Bertz CT molecular complexity index is 266. The molecule has 98 valence electrons. The molecule has 0 fully saturated rings. The van der Waals surface area contributed by atoms with Gasteiger partial charge in [0.25, 0.3) is 0 Å². The minimum Gasteiger partial charge on any atom is -0.314 e. The van der Waals surface area contributed by atoms with Crippen molar-refractivity contribution in [3.8, 4) is 0 Å². The van der Waals surface area contributed by atoms with Gasteiger partial charge in [-0.3, -0.25) is 0 Å².